The molecule has 0 fully saturated rings. The fraction of sp³-hybridized carbons (Fsp3) is 0.375. The number of hydrogen-bond acceptors (Lipinski definition) is 3. The Morgan fingerprint density at radius 1 is 1.20 bits per heavy atom. The van der Waals surface area contributed by atoms with E-state index in [-0.39, 0.29) is 11.5 Å². The van der Waals surface area contributed by atoms with Gasteiger partial charge in [0.05, 0.1) is 10.8 Å². The lowest BCUT2D eigenvalue weighted by Crippen LogP contribution is -2.01. The Hall–Kier alpha value is -1.55. The number of fused-ring (bicyclic) bond motifs is 1. The minimum Gasteiger partial charge on any atom is -0.508 e. The Labute approximate surface area is 121 Å². The Morgan fingerprint density at radius 2 is 1.90 bits per heavy atom. The molecule has 0 amide bonds. The van der Waals surface area contributed by atoms with E-state index in [2.05, 4.69) is 13.8 Å². The van der Waals surface area contributed by atoms with Gasteiger partial charge in [0.1, 0.15) is 11.5 Å². The van der Waals surface area contributed by atoms with Crippen LogP contribution in [0.5, 0.6) is 11.5 Å². The van der Waals surface area contributed by atoms with E-state index in [1.54, 1.807) is 31.2 Å². The lowest BCUT2D eigenvalue weighted by molar-refractivity contribution is 0.448. The van der Waals surface area contributed by atoms with Crippen LogP contribution < -0.4 is 0 Å². The van der Waals surface area contributed by atoms with Crippen LogP contribution in [-0.4, -0.2) is 20.2 Å². The smallest absolute Gasteiger partial charge is 0.129 e. The highest BCUT2D eigenvalue weighted by atomic mass is 32.2. The zero-order valence-electron chi connectivity index (χ0n) is 12.0. The minimum absolute atomic E-state index is 0.0557. The lowest BCUT2D eigenvalue weighted by Gasteiger charge is -2.09. The molecule has 108 valence electrons. The van der Waals surface area contributed by atoms with E-state index >= 15 is 0 Å². The molecular weight excluding hydrogens is 272 g/mol. The van der Waals surface area contributed by atoms with Crippen LogP contribution in [0.1, 0.15) is 25.8 Å². The van der Waals surface area contributed by atoms with Crippen molar-refractivity contribution in [3.63, 3.8) is 0 Å². The molecule has 4 heteroatoms. The van der Waals surface area contributed by atoms with Gasteiger partial charge in [0.25, 0.3) is 0 Å². The summed E-state index contributed by atoms with van der Waals surface area (Å²) in [7, 11) is -1.04. The fourth-order valence-corrected chi connectivity index (χ4v) is 3.46. The standard InChI is InChI=1S/C16H20O3S/c1-10(2)6-7-20(19)13-4-5-14-12(8-13)9-15(17)11(3)16(14)18/h4-5,8-10,17-18H,6-7H2,1-3H3. The summed E-state index contributed by atoms with van der Waals surface area (Å²) in [5, 5.41) is 21.2. The van der Waals surface area contributed by atoms with Gasteiger partial charge in [0.2, 0.25) is 0 Å². The van der Waals surface area contributed by atoms with Crippen LogP contribution in [0.4, 0.5) is 0 Å². The molecule has 1 unspecified atom stereocenters. The van der Waals surface area contributed by atoms with Crippen LogP contribution >= 0.6 is 0 Å². The molecule has 0 radical (unpaired) electrons. The molecule has 2 aromatic carbocycles. The summed E-state index contributed by atoms with van der Waals surface area (Å²) in [6.07, 6.45) is 0.912. The average Bonchev–Trinajstić information content (AvgIpc) is 2.41. The van der Waals surface area contributed by atoms with Gasteiger partial charge in [0, 0.05) is 21.6 Å². The predicted octanol–water partition coefficient (Wildman–Crippen LogP) is 3.71. The SMILES string of the molecule is Cc1c(O)cc2cc(S(=O)CCC(C)C)ccc2c1O. The van der Waals surface area contributed by atoms with Crippen LogP contribution in [0.15, 0.2) is 29.2 Å². The maximum absolute atomic E-state index is 12.2. The van der Waals surface area contributed by atoms with Crippen molar-refractivity contribution >= 4 is 21.6 Å². The highest BCUT2D eigenvalue weighted by Crippen LogP contribution is 2.35. The molecule has 2 aromatic rings. The highest BCUT2D eigenvalue weighted by Gasteiger charge is 2.11. The van der Waals surface area contributed by atoms with Gasteiger partial charge in [-0.25, -0.2) is 0 Å². The first kappa shape index (κ1) is 14.9. The first-order valence-electron chi connectivity index (χ1n) is 6.74. The number of hydrogen-bond donors (Lipinski definition) is 2. The van der Waals surface area contributed by atoms with Crippen molar-refractivity contribution in [3.05, 3.63) is 29.8 Å². The molecule has 2 rings (SSSR count). The number of aromatic hydroxyl groups is 2. The van der Waals surface area contributed by atoms with E-state index in [0.717, 1.165) is 11.3 Å². The second kappa shape index (κ2) is 5.83. The Bertz CT molecular complexity index is 662. The molecular formula is C16H20O3S. The zero-order chi connectivity index (χ0) is 14.9. The van der Waals surface area contributed by atoms with Gasteiger partial charge in [-0.05, 0) is 48.9 Å². The Balaban J connectivity index is 2.39. The topological polar surface area (TPSA) is 57.5 Å². The molecule has 0 aromatic heterocycles. The third kappa shape index (κ3) is 2.96. The fourth-order valence-electron chi connectivity index (χ4n) is 2.06. The zero-order valence-corrected chi connectivity index (χ0v) is 12.8. The number of phenols is 2. The van der Waals surface area contributed by atoms with E-state index < -0.39 is 10.8 Å². The first-order valence-corrected chi connectivity index (χ1v) is 8.05. The third-order valence-electron chi connectivity index (χ3n) is 3.45. The van der Waals surface area contributed by atoms with E-state index in [9.17, 15) is 14.4 Å². The Kier molecular flexibility index (Phi) is 4.33. The molecule has 1 atom stereocenters. The van der Waals surface area contributed by atoms with Gasteiger partial charge in [0.15, 0.2) is 0 Å². The first-order chi connectivity index (χ1) is 9.40. The Morgan fingerprint density at radius 3 is 2.55 bits per heavy atom. The lowest BCUT2D eigenvalue weighted by atomic mass is 10.1. The molecule has 0 saturated carbocycles. The van der Waals surface area contributed by atoms with Crippen LogP contribution in [0.3, 0.4) is 0 Å². The van der Waals surface area contributed by atoms with Crippen molar-refractivity contribution in [1.82, 2.24) is 0 Å². The van der Waals surface area contributed by atoms with Gasteiger partial charge in [-0.15, -0.1) is 0 Å². The minimum atomic E-state index is -1.04. The van der Waals surface area contributed by atoms with Crippen molar-refractivity contribution in [2.45, 2.75) is 32.1 Å². The summed E-state index contributed by atoms with van der Waals surface area (Å²) in [5.41, 5.74) is 0.464. The van der Waals surface area contributed by atoms with Crippen molar-refractivity contribution in [2.24, 2.45) is 5.92 Å². The summed E-state index contributed by atoms with van der Waals surface area (Å²) in [6.45, 7) is 5.88. The highest BCUT2D eigenvalue weighted by molar-refractivity contribution is 7.85. The van der Waals surface area contributed by atoms with Crippen molar-refractivity contribution in [2.75, 3.05) is 5.75 Å². The van der Waals surface area contributed by atoms with Crippen LogP contribution in [0.2, 0.25) is 0 Å². The van der Waals surface area contributed by atoms with Gasteiger partial charge >= 0.3 is 0 Å². The normalized spacial score (nSPS) is 13.0. The van der Waals surface area contributed by atoms with Crippen molar-refractivity contribution in [3.8, 4) is 11.5 Å². The monoisotopic (exact) mass is 292 g/mol. The van der Waals surface area contributed by atoms with Crippen LogP contribution in [0, 0.1) is 12.8 Å². The maximum Gasteiger partial charge on any atom is 0.129 e. The van der Waals surface area contributed by atoms with Crippen LogP contribution in [0.25, 0.3) is 10.8 Å². The average molecular weight is 292 g/mol. The van der Waals surface area contributed by atoms with E-state index in [1.165, 1.54) is 0 Å². The van der Waals surface area contributed by atoms with Crippen LogP contribution in [-0.2, 0) is 10.8 Å². The molecule has 0 aliphatic rings. The molecule has 3 nitrogen and oxygen atoms in total. The molecule has 0 spiro atoms. The van der Waals surface area contributed by atoms with E-state index in [1.807, 2.05) is 0 Å². The number of phenolic OH excluding ortho intramolecular Hbond substituents is 2. The molecule has 0 saturated heterocycles. The predicted molar refractivity (Wildman–Crippen MR) is 82.7 cm³/mol. The molecule has 2 N–H and O–H groups in total. The summed E-state index contributed by atoms with van der Waals surface area (Å²) in [5.74, 6) is 1.29. The van der Waals surface area contributed by atoms with E-state index in [0.29, 0.717) is 28.0 Å². The molecule has 0 aliphatic carbocycles. The summed E-state index contributed by atoms with van der Waals surface area (Å²) in [4.78, 5) is 0.737. The van der Waals surface area contributed by atoms with Crippen molar-refractivity contribution in [1.29, 1.82) is 0 Å². The van der Waals surface area contributed by atoms with Crippen molar-refractivity contribution < 1.29 is 14.4 Å². The molecule has 0 heterocycles. The van der Waals surface area contributed by atoms with Gasteiger partial charge in [-0.3, -0.25) is 4.21 Å². The maximum atomic E-state index is 12.2. The van der Waals surface area contributed by atoms with Gasteiger partial charge in [-0.2, -0.15) is 0 Å². The quantitative estimate of drug-likeness (QED) is 0.903. The van der Waals surface area contributed by atoms with E-state index in [4.69, 9.17) is 0 Å². The number of rotatable bonds is 4. The summed E-state index contributed by atoms with van der Waals surface area (Å²) in [6, 6.07) is 6.94. The summed E-state index contributed by atoms with van der Waals surface area (Å²) < 4.78 is 12.2. The third-order valence-corrected chi connectivity index (χ3v) is 4.84. The number of benzene rings is 2. The largest absolute Gasteiger partial charge is 0.508 e. The second-order valence-electron chi connectivity index (χ2n) is 5.48. The molecule has 0 aliphatic heterocycles. The summed E-state index contributed by atoms with van der Waals surface area (Å²) >= 11 is 0. The second-order valence-corrected chi connectivity index (χ2v) is 7.06. The van der Waals surface area contributed by atoms with Gasteiger partial charge in [-0.1, -0.05) is 13.8 Å². The molecule has 0 bridgehead atoms. The van der Waals surface area contributed by atoms with Gasteiger partial charge < -0.3 is 10.2 Å². The molecule has 20 heavy (non-hydrogen) atoms.